The van der Waals surface area contributed by atoms with E-state index in [1.165, 1.54) is 0 Å². The van der Waals surface area contributed by atoms with E-state index in [4.69, 9.17) is 0 Å². The molecular weight excluding hydrogens is 290 g/mol. The highest BCUT2D eigenvalue weighted by Crippen LogP contribution is 1.98. The minimum absolute atomic E-state index is 0. The number of nitrogens with zero attached hydrogens (tertiary/aromatic N) is 7. The maximum Gasteiger partial charge on any atom is 0.202 e. The first-order valence-electron chi connectivity index (χ1n) is 7.34. The molecule has 23 heavy (non-hydrogen) atoms. The lowest BCUT2D eigenvalue weighted by molar-refractivity contribution is 0.443. The molecular formula is C16H39N7. The summed E-state index contributed by atoms with van der Waals surface area (Å²) in [7, 11) is 17.2. The van der Waals surface area contributed by atoms with Gasteiger partial charge in [0.2, 0.25) is 11.9 Å². The molecule has 0 saturated carbocycles. The van der Waals surface area contributed by atoms with Crippen LogP contribution in [-0.4, -0.2) is 107 Å². The standard InChI is InChI=1S/C10H23N5.C5H12N2.CH4/c1-8-14(6)10(12-3)15(7)9(11-2)13(4)5;1-5(6-2)7(3)4;/h8H2,1-7H3;1-4H3;1H4. The van der Waals surface area contributed by atoms with E-state index in [2.05, 4.69) is 26.8 Å². The summed E-state index contributed by atoms with van der Waals surface area (Å²) in [6.07, 6.45) is 0. The molecule has 0 atom stereocenters. The maximum atomic E-state index is 4.27. The number of guanidine groups is 2. The first kappa shape index (κ1) is 26.1. The predicted molar refractivity (Wildman–Crippen MR) is 106 cm³/mol. The fraction of sp³-hybridized carbons (Fsp3) is 0.812. The van der Waals surface area contributed by atoms with Gasteiger partial charge in [0.15, 0.2) is 0 Å². The highest BCUT2D eigenvalue weighted by Gasteiger charge is 2.16. The number of aliphatic imine (C=N–C) groups is 3. The smallest absolute Gasteiger partial charge is 0.202 e. The Morgan fingerprint density at radius 3 is 1.35 bits per heavy atom. The van der Waals surface area contributed by atoms with Crippen molar-refractivity contribution < 1.29 is 0 Å². The van der Waals surface area contributed by atoms with Crippen molar-refractivity contribution in [3.05, 3.63) is 0 Å². The second-order valence-electron chi connectivity index (χ2n) is 5.18. The van der Waals surface area contributed by atoms with E-state index in [-0.39, 0.29) is 7.43 Å². The van der Waals surface area contributed by atoms with Crippen LogP contribution >= 0.6 is 0 Å². The highest BCUT2D eigenvalue weighted by molar-refractivity contribution is 5.98. The molecule has 0 aliphatic carbocycles. The quantitative estimate of drug-likeness (QED) is 0.542. The van der Waals surface area contributed by atoms with E-state index in [0.29, 0.717) is 0 Å². The lowest BCUT2D eigenvalue weighted by atomic mass is 10.5. The van der Waals surface area contributed by atoms with Gasteiger partial charge < -0.3 is 14.7 Å². The third kappa shape index (κ3) is 9.76. The number of hydrogen-bond acceptors (Lipinski definition) is 3. The summed E-state index contributed by atoms with van der Waals surface area (Å²) in [5.41, 5.74) is 0. The lowest BCUT2D eigenvalue weighted by Crippen LogP contribution is -2.48. The summed E-state index contributed by atoms with van der Waals surface area (Å²) in [6.45, 7) is 4.98. The van der Waals surface area contributed by atoms with Crippen LogP contribution in [0.5, 0.6) is 0 Å². The molecule has 0 spiro atoms. The summed E-state index contributed by atoms with van der Waals surface area (Å²) in [5, 5.41) is 0. The third-order valence-electron chi connectivity index (χ3n) is 3.19. The first-order valence-corrected chi connectivity index (χ1v) is 7.34. The maximum absolute atomic E-state index is 4.27. The number of rotatable bonds is 1. The van der Waals surface area contributed by atoms with E-state index in [0.717, 1.165) is 24.3 Å². The van der Waals surface area contributed by atoms with Gasteiger partial charge in [-0.3, -0.25) is 19.9 Å². The molecule has 7 nitrogen and oxygen atoms in total. The van der Waals surface area contributed by atoms with Gasteiger partial charge in [-0.25, -0.2) is 0 Å². The topological polar surface area (TPSA) is 50.0 Å². The molecule has 0 aromatic heterocycles. The Morgan fingerprint density at radius 1 is 0.739 bits per heavy atom. The van der Waals surface area contributed by atoms with Gasteiger partial charge >= 0.3 is 0 Å². The van der Waals surface area contributed by atoms with Crippen molar-refractivity contribution in [3.63, 3.8) is 0 Å². The summed E-state index contributed by atoms with van der Waals surface area (Å²) in [6, 6.07) is 0. The van der Waals surface area contributed by atoms with E-state index in [9.17, 15) is 0 Å². The molecule has 0 N–H and O–H groups in total. The molecule has 0 rings (SSSR count). The zero-order valence-corrected chi connectivity index (χ0v) is 16.3. The third-order valence-corrected chi connectivity index (χ3v) is 3.19. The molecule has 0 amide bonds. The fourth-order valence-electron chi connectivity index (χ4n) is 1.66. The van der Waals surface area contributed by atoms with Crippen LogP contribution in [0.25, 0.3) is 0 Å². The van der Waals surface area contributed by atoms with E-state index < -0.39 is 0 Å². The summed E-state index contributed by atoms with van der Waals surface area (Å²) in [5.74, 6) is 2.85. The van der Waals surface area contributed by atoms with Crippen molar-refractivity contribution >= 4 is 17.8 Å². The van der Waals surface area contributed by atoms with Gasteiger partial charge in [-0.1, -0.05) is 7.43 Å². The van der Waals surface area contributed by atoms with E-state index >= 15 is 0 Å². The fourth-order valence-corrected chi connectivity index (χ4v) is 1.66. The highest BCUT2D eigenvalue weighted by atomic mass is 15.4. The lowest BCUT2D eigenvalue weighted by Gasteiger charge is -2.31. The molecule has 0 aromatic rings. The van der Waals surface area contributed by atoms with Crippen LogP contribution < -0.4 is 0 Å². The van der Waals surface area contributed by atoms with Gasteiger partial charge in [0.1, 0.15) is 0 Å². The molecule has 0 bridgehead atoms. The zero-order chi connectivity index (χ0) is 17.9. The van der Waals surface area contributed by atoms with Crippen molar-refractivity contribution in [1.82, 2.24) is 19.6 Å². The molecule has 0 radical (unpaired) electrons. The van der Waals surface area contributed by atoms with Crippen molar-refractivity contribution in [3.8, 4) is 0 Å². The Bertz CT molecular complexity index is 384. The van der Waals surface area contributed by atoms with E-state index in [1.54, 1.807) is 21.1 Å². The molecule has 138 valence electrons. The molecule has 0 fully saturated rings. The van der Waals surface area contributed by atoms with Crippen LogP contribution in [-0.2, 0) is 0 Å². The zero-order valence-electron chi connectivity index (χ0n) is 16.3. The monoisotopic (exact) mass is 329 g/mol. The summed E-state index contributed by atoms with van der Waals surface area (Å²) >= 11 is 0. The molecule has 0 aliphatic rings. The molecule has 0 aliphatic heterocycles. The molecule has 0 unspecified atom stereocenters. The van der Waals surface area contributed by atoms with Crippen molar-refractivity contribution in [2.45, 2.75) is 21.3 Å². The average molecular weight is 330 g/mol. The van der Waals surface area contributed by atoms with Gasteiger partial charge in [-0.05, 0) is 13.8 Å². The predicted octanol–water partition coefficient (Wildman–Crippen LogP) is 1.64. The molecule has 0 heterocycles. The second kappa shape index (κ2) is 13.8. The largest absolute Gasteiger partial charge is 0.367 e. The van der Waals surface area contributed by atoms with Crippen LogP contribution in [0, 0.1) is 0 Å². The Hall–Kier alpha value is -1.79. The van der Waals surface area contributed by atoms with E-state index in [1.807, 2.05) is 63.9 Å². The SMILES string of the molecule is C.CCN(C)C(=NC)N(C)C(=NC)N(C)C.CN=C(C)N(C)C. The van der Waals surface area contributed by atoms with Gasteiger partial charge in [-0.2, -0.15) is 0 Å². The average Bonchev–Trinajstić information content (AvgIpc) is 2.47. The van der Waals surface area contributed by atoms with Gasteiger partial charge in [0.25, 0.3) is 0 Å². The summed E-state index contributed by atoms with van der Waals surface area (Å²) < 4.78 is 0. The Morgan fingerprint density at radius 2 is 1.17 bits per heavy atom. The first-order chi connectivity index (χ1) is 10.2. The van der Waals surface area contributed by atoms with Crippen molar-refractivity contribution in [2.24, 2.45) is 15.0 Å². The Kier molecular flexibility index (Phi) is 15.7. The Labute approximate surface area is 144 Å². The number of hydrogen-bond donors (Lipinski definition) is 0. The summed E-state index contributed by atoms with van der Waals surface area (Å²) in [4.78, 5) is 20.4. The van der Waals surface area contributed by atoms with Crippen molar-refractivity contribution in [1.29, 1.82) is 0 Å². The molecule has 0 saturated heterocycles. The van der Waals surface area contributed by atoms with Gasteiger partial charge in [0, 0.05) is 70.0 Å². The number of amidine groups is 1. The van der Waals surface area contributed by atoms with Crippen molar-refractivity contribution in [2.75, 3.05) is 70.0 Å². The molecule has 0 aromatic carbocycles. The van der Waals surface area contributed by atoms with Crippen LogP contribution in [0.15, 0.2) is 15.0 Å². The van der Waals surface area contributed by atoms with Crippen LogP contribution in [0.1, 0.15) is 21.3 Å². The normalized spacial score (nSPS) is 11.9. The minimum Gasteiger partial charge on any atom is -0.367 e. The van der Waals surface area contributed by atoms with Gasteiger partial charge in [-0.15, -0.1) is 0 Å². The second-order valence-corrected chi connectivity index (χ2v) is 5.18. The van der Waals surface area contributed by atoms with Crippen LogP contribution in [0.2, 0.25) is 0 Å². The van der Waals surface area contributed by atoms with Crippen LogP contribution in [0.4, 0.5) is 0 Å². The Balaban J connectivity index is -0.000000425. The minimum atomic E-state index is 0. The van der Waals surface area contributed by atoms with Gasteiger partial charge in [0.05, 0.1) is 5.84 Å². The molecule has 7 heteroatoms. The van der Waals surface area contributed by atoms with Crippen LogP contribution in [0.3, 0.4) is 0 Å².